The minimum absolute atomic E-state index is 0.0167. The lowest BCUT2D eigenvalue weighted by atomic mass is 10.1. The van der Waals surface area contributed by atoms with Crippen LogP contribution in [-0.2, 0) is 25.7 Å². The van der Waals surface area contributed by atoms with E-state index in [4.69, 9.17) is 17.0 Å². The number of thiocarbonyl (C=S) groups is 1. The van der Waals surface area contributed by atoms with Crippen LogP contribution in [0, 0.1) is 5.82 Å². The zero-order valence-corrected chi connectivity index (χ0v) is 17.8. The van der Waals surface area contributed by atoms with E-state index in [2.05, 4.69) is 5.32 Å². The first-order valence-corrected chi connectivity index (χ1v) is 10.2. The number of nitrogens with one attached hydrogen (secondary N) is 1. The smallest absolute Gasteiger partial charge is 0.325 e. The van der Waals surface area contributed by atoms with Crippen molar-refractivity contribution in [2.75, 3.05) is 11.5 Å². The SMILES string of the molecule is CCOC(=O)Cn1cc(C=C2C(=O)NC(=S)N(c3cccc(F)c3)C2=O)c2ccccc21. The average molecular weight is 451 g/mol. The van der Waals surface area contributed by atoms with Gasteiger partial charge in [-0.15, -0.1) is 0 Å². The minimum atomic E-state index is -0.674. The van der Waals surface area contributed by atoms with Gasteiger partial charge in [0.05, 0.1) is 12.3 Å². The zero-order chi connectivity index (χ0) is 22.8. The number of rotatable bonds is 5. The lowest BCUT2D eigenvalue weighted by molar-refractivity contribution is -0.143. The van der Waals surface area contributed by atoms with Crippen LogP contribution < -0.4 is 10.2 Å². The predicted molar refractivity (Wildman–Crippen MR) is 121 cm³/mol. The van der Waals surface area contributed by atoms with E-state index in [9.17, 15) is 18.8 Å². The van der Waals surface area contributed by atoms with Crippen molar-refractivity contribution in [1.29, 1.82) is 0 Å². The Morgan fingerprint density at radius 3 is 2.72 bits per heavy atom. The Hall–Kier alpha value is -3.85. The number of ether oxygens (including phenoxy) is 1. The summed E-state index contributed by atoms with van der Waals surface area (Å²) in [5.74, 6) is -2.27. The Balaban J connectivity index is 1.77. The molecule has 1 fully saturated rings. The van der Waals surface area contributed by atoms with Gasteiger partial charge in [-0.05, 0) is 49.5 Å². The van der Waals surface area contributed by atoms with Crippen LogP contribution in [0.3, 0.4) is 0 Å². The summed E-state index contributed by atoms with van der Waals surface area (Å²) in [6.07, 6.45) is 3.12. The fourth-order valence-electron chi connectivity index (χ4n) is 3.53. The maximum Gasteiger partial charge on any atom is 0.325 e. The van der Waals surface area contributed by atoms with Crippen LogP contribution in [0.5, 0.6) is 0 Å². The third-order valence-corrected chi connectivity index (χ3v) is 5.18. The highest BCUT2D eigenvalue weighted by Gasteiger charge is 2.34. The van der Waals surface area contributed by atoms with Gasteiger partial charge in [0, 0.05) is 22.7 Å². The number of aromatic nitrogens is 1. The largest absolute Gasteiger partial charge is 0.465 e. The molecule has 1 aliphatic heterocycles. The molecule has 7 nitrogen and oxygen atoms in total. The average Bonchev–Trinajstić information content (AvgIpc) is 3.08. The molecule has 0 spiro atoms. The first-order chi connectivity index (χ1) is 15.4. The van der Waals surface area contributed by atoms with Crippen molar-refractivity contribution in [3.05, 3.63) is 71.7 Å². The molecule has 32 heavy (non-hydrogen) atoms. The molecule has 4 rings (SSSR count). The van der Waals surface area contributed by atoms with Crippen LogP contribution in [-0.4, -0.2) is 34.1 Å². The topological polar surface area (TPSA) is 80.6 Å². The highest BCUT2D eigenvalue weighted by molar-refractivity contribution is 7.80. The molecule has 1 N–H and O–H groups in total. The van der Waals surface area contributed by atoms with Gasteiger partial charge in [0.15, 0.2) is 5.11 Å². The molecule has 162 valence electrons. The number of hydrogen-bond donors (Lipinski definition) is 1. The van der Waals surface area contributed by atoms with Crippen LogP contribution in [0.15, 0.2) is 60.3 Å². The summed E-state index contributed by atoms with van der Waals surface area (Å²) in [6, 6.07) is 12.7. The van der Waals surface area contributed by atoms with Crippen molar-refractivity contribution in [3.8, 4) is 0 Å². The molecule has 0 radical (unpaired) electrons. The van der Waals surface area contributed by atoms with Crippen LogP contribution >= 0.6 is 12.2 Å². The maximum atomic E-state index is 13.7. The number of para-hydroxylation sites is 1. The highest BCUT2D eigenvalue weighted by atomic mass is 32.1. The normalized spacial score (nSPS) is 15.4. The Labute approximate surface area is 188 Å². The van der Waals surface area contributed by atoms with Crippen molar-refractivity contribution < 1.29 is 23.5 Å². The summed E-state index contributed by atoms with van der Waals surface area (Å²) < 4.78 is 20.4. The molecule has 0 aliphatic carbocycles. The van der Waals surface area contributed by atoms with Gasteiger partial charge in [0.25, 0.3) is 11.8 Å². The van der Waals surface area contributed by atoms with Crippen LogP contribution in [0.1, 0.15) is 12.5 Å². The maximum absolute atomic E-state index is 13.7. The second-order valence-electron chi connectivity index (χ2n) is 6.97. The molecule has 3 aromatic rings. The molecule has 0 unspecified atom stereocenters. The minimum Gasteiger partial charge on any atom is -0.465 e. The van der Waals surface area contributed by atoms with Crippen molar-refractivity contribution in [2.45, 2.75) is 13.5 Å². The second-order valence-corrected chi connectivity index (χ2v) is 7.36. The van der Waals surface area contributed by atoms with Gasteiger partial charge in [0.2, 0.25) is 0 Å². The molecule has 2 amide bonds. The summed E-state index contributed by atoms with van der Waals surface area (Å²) in [5, 5.41) is 3.09. The van der Waals surface area contributed by atoms with Gasteiger partial charge in [-0.3, -0.25) is 24.6 Å². The standard InChI is InChI=1S/C23H18FN3O4S/c1-2-31-20(28)13-26-12-14(17-8-3-4-9-19(17)26)10-18-21(29)25-23(32)27(22(18)30)16-7-5-6-15(24)11-16/h3-12H,2,13H2,1H3,(H,25,29,32). The Kier molecular flexibility index (Phi) is 5.83. The molecule has 0 atom stereocenters. The van der Waals surface area contributed by atoms with Crippen molar-refractivity contribution in [1.82, 2.24) is 9.88 Å². The van der Waals surface area contributed by atoms with E-state index in [1.165, 1.54) is 24.3 Å². The molecule has 2 heterocycles. The van der Waals surface area contributed by atoms with Gasteiger partial charge in [-0.2, -0.15) is 0 Å². The van der Waals surface area contributed by atoms with Crippen molar-refractivity contribution in [2.24, 2.45) is 0 Å². The highest BCUT2D eigenvalue weighted by Crippen LogP contribution is 2.27. The number of halogens is 1. The number of carbonyl (C=O) groups excluding carboxylic acids is 3. The monoisotopic (exact) mass is 451 g/mol. The van der Waals surface area contributed by atoms with Crippen molar-refractivity contribution in [3.63, 3.8) is 0 Å². The lowest BCUT2D eigenvalue weighted by Crippen LogP contribution is -2.54. The van der Waals surface area contributed by atoms with E-state index in [0.717, 1.165) is 21.9 Å². The van der Waals surface area contributed by atoms with Gasteiger partial charge in [-0.25, -0.2) is 4.39 Å². The van der Waals surface area contributed by atoms with E-state index >= 15 is 0 Å². The number of amides is 2. The summed E-state index contributed by atoms with van der Waals surface area (Å²) >= 11 is 5.15. The molecule has 0 bridgehead atoms. The Morgan fingerprint density at radius 2 is 1.97 bits per heavy atom. The van der Waals surface area contributed by atoms with Crippen LogP contribution in [0.4, 0.5) is 10.1 Å². The van der Waals surface area contributed by atoms with Gasteiger partial charge < -0.3 is 9.30 Å². The van der Waals surface area contributed by atoms with E-state index in [-0.39, 0.29) is 29.5 Å². The molecule has 1 aromatic heterocycles. The number of benzene rings is 2. The van der Waals surface area contributed by atoms with Gasteiger partial charge in [-0.1, -0.05) is 24.3 Å². The first kappa shape index (κ1) is 21.4. The van der Waals surface area contributed by atoms with Crippen molar-refractivity contribution >= 4 is 57.8 Å². The van der Waals surface area contributed by atoms with Crippen LogP contribution in [0.2, 0.25) is 0 Å². The zero-order valence-electron chi connectivity index (χ0n) is 17.0. The van der Waals surface area contributed by atoms with E-state index < -0.39 is 23.6 Å². The molecule has 0 saturated carbocycles. The fourth-order valence-corrected chi connectivity index (χ4v) is 3.81. The number of carbonyl (C=O) groups is 3. The Bertz CT molecular complexity index is 1300. The molecule has 2 aromatic carbocycles. The third-order valence-electron chi connectivity index (χ3n) is 4.89. The van der Waals surface area contributed by atoms with E-state index in [1.54, 1.807) is 17.7 Å². The Morgan fingerprint density at radius 1 is 1.19 bits per heavy atom. The summed E-state index contributed by atoms with van der Waals surface area (Å²) in [6.45, 7) is 1.97. The van der Waals surface area contributed by atoms with E-state index in [0.29, 0.717) is 5.56 Å². The van der Waals surface area contributed by atoms with E-state index in [1.807, 2.05) is 24.3 Å². The first-order valence-electron chi connectivity index (χ1n) is 9.79. The lowest BCUT2D eigenvalue weighted by Gasteiger charge is -2.28. The molecule has 1 aliphatic rings. The summed E-state index contributed by atoms with van der Waals surface area (Å²) in [5.41, 5.74) is 1.35. The quantitative estimate of drug-likeness (QED) is 0.279. The number of nitrogens with zero attached hydrogens (tertiary/aromatic N) is 2. The molecule has 9 heteroatoms. The summed E-state index contributed by atoms with van der Waals surface area (Å²) in [7, 11) is 0. The van der Waals surface area contributed by atoms with Gasteiger partial charge >= 0.3 is 5.97 Å². The fraction of sp³-hybridized carbons (Fsp3) is 0.130. The number of esters is 1. The molecule has 1 saturated heterocycles. The molecular formula is C23H18FN3O4S. The number of fused-ring (bicyclic) bond motifs is 1. The molecular weight excluding hydrogens is 433 g/mol. The van der Waals surface area contributed by atoms with Crippen LogP contribution in [0.25, 0.3) is 17.0 Å². The predicted octanol–water partition coefficient (Wildman–Crippen LogP) is 3.17. The number of anilines is 1. The summed E-state index contributed by atoms with van der Waals surface area (Å²) in [4.78, 5) is 38.8. The number of hydrogen-bond acceptors (Lipinski definition) is 5. The third kappa shape index (κ3) is 4.02. The second kappa shape index (κ2) is 8.72. The van der Waals surface area contributed by atoms with Gasteiger partial charge in [0.1, 0.15) is 17.9 Å².